The van der Waals surface area contributed by atoms with Gasteiger partial charge in [-0.3, -0.25) is 9.78 Å². The fourth-order valence-corrected chi connectivity index (χ4v) is 3.20. The minimum Gasteiger partial charge on any atom is -0.338 e. The van der Waals surface area contributed by atoms with Crippen molar-refractivity contribution in [1.82, 2.24) is 20.5 Å². The second-order valence-corrected chi connectivity index (χ2v) is 6.74. The van der Waals surface area contributed by atoms with Crippen LogP contribution in [0.1, 0.15) is 37.0 Å². The number of fused-ring (bicyclic) bond motifs is 1. The van der Waals surface area contributed by atoms with Crippen molar-refractivity contribution >= 4 is 22.7 Å². The van der Waals surface area contributed by atoms with Crippen LogP contribution in [0.15, 0.2) is 36.7 Å². The van der Waals surface area contributed by atoms with E-state index < -0.39 is 0 Å². The van der Waals surface area contributed by atoms with E-state index >= 15 is 0 Å². The SMILES string of the molecule is CC(C)NC(=O)NC1CCN(C(=O)c2cccc3cnccc23)CC1. The zero-order valence-electron chi connectivity index (χ0n) is 14.7. The Balaban J connectivity index is 1.63. The first kappa shape index (κ1) is 17.2. The molecule has 1 saturated heterocycles. The van der Waals surface area contributed by atoms with Crippen LogP contribution in [0.25, 0.3) is 10.8 Å². The van der Waals surface area contributed by atoms with Gasteiger partial charge in [-0.25, -0.2) is 4.79 Å². The van der Waals surface area contributed by atoms with E-state index in [1.807, 2.05) is 43.0 Å². The van der Waals surface area contributed by atoms with Gasteiger partial charge in [0, 0.05) is 48.5 Å². The van der Waals surface area contributed by atoms with Gasteiger partial charge < -0.3 is 15.5 Å². The van der Waals surface area contributed by atoms with Gasteiger partial charge in [0.2, 0.25) is 0 Å². The number of carbonyl (C=O) groups excluding carboxylic acids is 2. The van der Waals surface area contributed by atoms with Crippen molar-refractivity contribution in [3.05, 3.63) is 42.2 Å². The van der Waals surface area contributed by atoms with Crippen LogP contribution in [0.4, 0.5) is 4.79 Å². The first-order valence-electron chi connectivity index (χ1n) is 8.73. The summed E-state index contributed by atoms with van der Waals surface area (Å²) in [5, 5.41) is 7.71. The third kappa shape index (κ3) is 4.07. The Bertz CT molecular complexity index is 762. The Kier molecular flexibility index (Phi) is 5.16. The number of piperidine rings is 1. The molecule has 0 atom stereocenters. The predicted molar refractivity (Wildman–Crippen MR) is 97.5 cm³/mol. The van der Waals surface area contributed by atoms with Gasteiger partial charge in [-0.05, 0) is 44.2 Å². The lowest BCUT2D eigenvalue weighted by Crippen LogP contribution is -2.50. The van der Waals surface area contributed by atoms with Crippen LogP contribution in [0.3, 0.4) is 0 Å². The predicted octanol–water partition coefficient (Wildman–Crippen LogP) is 2.55. The van der Waals surface area contributed by atoms with Gasteiger partial charge in [-0.15, -0.1) is 0 Å². The van der Waals surface area contributed by atoms with Crippen molar-refractivity contribution in [1.29, 1.82) is 0 Å². The number of urea groups is 1. The maximum Gasteiger partial charge on any atom is 0.315 e. The van der Waals surface area contributed by atoms with Gasteiger partial charge in [0.1, 0.15) is 0 Å². The minimum absolute atomic E-state index is 0.0434. The van der Waals surface area contributed by atoms with E-state index in [2.05, 4.69) is 15.6 Å². The zero-order valence-corrected chi connectivity index (χ0v) is 14.7. The first-order valence-corrected chi connectivity index (χ1v) is 8.73. The minimum atomic E-state index is -0.138. The molecule has 1 aliphatic heterocycles. The molecule has 3 amide bonds. The Morgan fingerprint density at radius 3 is 2.68 bits per heavy atom. The van der Waals surface area contributed by atoms with Crippen molar-refractivity contribution in [3.8, 4) is 0 Å². The molecule has 1 aliphatic rings. The molecule has 0 bridgehead atoms. The van der Waals surface area contributed by atoms with E-state index in [9.17, 15) is 9.59 Å². The summed E-state index contributed by atoms with van der Waals surface area (Å²) in [7, 11) is 0. The lowest BCUT2D eigenvalue weighted by molar-refractivity contribution is 0.0710. The van der Waals surface area contributed by atoms with Crippen LogP contribution in [0.5, 0.6) is 0 Å². The van der Waals surface area contributed by atoms with Gasteiger partial charge in [0.05, 0.1) is 0 Å². The molecule has 0 aliphatic carbocycles. The fraction of sp³-hybridized carbons (Fsp3) is 0.421. The Morgan fingerprint density at radius 2 is 1.96 bits per heavy atom. The number of carbonyl (C=O) groups is 2. The molecule has 2 heterocycles. The number of nitrogens with one attached hydrogen (secondary N) is 2. The molecule has 0 unspecified atom stereocenters. The Morgan fingerprint density at radius 1 is 1.20 bits per heavy atom. The third-order valence-corrected chi connectivity index (χ3v) is 4.45. The molecule has 6 nitrogen and oxygen atoms in total. The van der Waals surface area contributed by atoms with E-state index in [0.29, 0.717) is 18.7 Å². The monoisotopic (exact) mass is 340 g/mol. The summed E-state index contributed by atoms with van der Waals surface area (Å²) >= 11 is 0. The number of rotatable bonds is 3. The molecule has 0 saturated carbocycles. The van der Waals surface area contributed by atoms with Crippen LogP contribution in [0.2, 0.25) is 0 Å². The summed E-state index contributed by atoms with van der Waals surface area (Å²) < 4.78 is 0. The smallest absolute Gasteiger partial charge is 0.315 e. The van der Waals surface area contributed by atoms with Crippen molar-refractivity contribution in [3.63, 3.8) is 0 Å². The maximum atomic E-state index is 12.9. The van der Waals surface area contributed by atoms with E-state index in [0.717, 1.165) is 23.6 Å². The maximum absolute atomic E-state index is 12.9. The second-order valence-electron chi connectivity index (χ2n) is 6.74. The highest BCUT2D eigenvalue weighted by molar-refractivity contribution is 6.06. The molecule has 1 fully saturated rings. The Hall–Kier alpha value is -2.63. The fourth-order valence-electron chi connectivity index (χ4n) is 3.20. The zero-order chi connectivity index (χ0) is 17.8. The molecule has 2 N–H and O–H groups in total. The molecule has 6 heteroatoms. The molecule has 132 valence electrons. The summed E-state index contributed by atoms with van der Waals surface area (Å²) in [5.74, 6) is 0.0434. The average molecular weight is 340 g/mol. The van der Waals surface area contributed by atoms with Crippen molar-refractivity contribution in [2.75, 3.05) is 13.1 Å². The average Bonchev–Trinajstić information content (AvgIpc) is 2.60. The molecular weight excluding hydrogens is 316 g/mol. The molecule has 0 radical (unpaired) electrons. The molecular formula is C19H24N4O2. The van der Waals surface area contributed by atoms with Crippen LogP contribution in [-0.4, -0.2) is 47.0 Å². The summed E-state index contributed by atoms with van der Waals surface area (Å²) in [6.07, 6.45) is 5.02. The van der Waals surface area contributed by atoms with E-state index in [1.54, 1.807) is 12.4 Å². The molecule has 2 aromatic rings. The van der Waals surface area contributed by atoms with Gasteiger partial charge in [0.15, 0.2) is 0 Å². The molecule has 1 aromatic carbocycles. The first-order chi connectivity index (χ1) is 12.0. The summed E-state index contributed by atoms with van der Waals surface area (Å²) in [6, 6.07) is 7.69. The lowest BCUT2D eigenvalue weighted by Gasteiger charge is -2.32. The molecule has 1 aromatic heterocycles. The number of nitrogens with zero attached hydrogens (tertiary/aromatic N) is 2. The quantitative estimate of drug-likeness (QED) is 0.902. The van der Waals surface area contributed by atoms with Crippen LogP contribution in [0, 0.1) is 0 Å². The summed E-state index contributed by atoms with van der Waals surface area (Å²) in [4.78, 5) is 30.7. The van der Waals surface area contributed by atoms with Gasteiger partial charge >= 0.3 is 6.03 Å². The molecule has 3 rings (SSSR count). The lowest BCUT2D eigenvalue weighted by atomic mass is 10.0. The van der Waals surface area contributed by atoms with E-state index in [4.69, 9.17) is 0 Å². The molecule has 0 spiro atoms. The van der Waals surface area contributed by atoms with Crippen LogP contribution < -0.4 is 10.6 Å². The highest BCUT2D eigenvalue weighted by atomic mass is 16.2. The number of hydrogen-bond donors (Lipinski definition) is 2. The number of likely N-dealkylation sites (tertiary alicyclic amines) is 1. The number of hydrogen-bond acceptors (Lipinski definition) is 3. The highest BCUT2D eigenvalue weighted by Crippen LogP contribution is 2.21. The number of pyridine rings is 1. The summed E-state index contributed by atoms with van der Waals surface area (Å²) in [5.41, 5.74) is 0.712. The topological polar surface area (TPSA) is 74.3 Å². The molecule has 25 heavy (non-hydrogen) atoms. The summed E-state index contributed by atoms with van der Waals surface area (Å²) in [6.45, 7) is 5.15. The van der Waals surface area contributed by atoms with Crippen LogP contribution >= 0.6 is 0 Å². The largest absolute Gasteiger partial charge is 0.338 e. The second kappa shape index (κ2) is 7.51. The van der Waals surface area contributed by atoms with Gasteiger partial charge in [0.25, 0.3) is 5.91 Å². The number of amides is 3. The Labute approximate surface area is 147 Å². The van der Waals surface area contributed by atoms with Gasteiger partial charge in [-0.2, -0.15) is 0 Å². The van der Waals surface area contributed by atoms with Crippen molar-refractivity contribution in [2.45, 2.75) is 38.8 Å². The van der Waals surface area contributed by atoms with E-state index in [-0.39, 0.29) is 24.0 Å². The van der Waals surface area contributed by atoms with Gasteiger partial charge in [-0.1, -0.05) is 12.1 Å². The highest BCUT2D eigenvalue weighted by Gasteiger charge is 2.25. The van der Waals surface area contributed by atoms with Crippen LogP contribution in [-0.2, 0) is 0 Å². The van der Waals surface area contributed by atoms with Crippen molar-refractivity contribution < 1.29 is 9.59 Å². The van der Waals surface area contributed by atoms with E-state index in [1.165, 1.54) is 0 Å². The normalized spacial score (nSPS) is 15.4. The standard InChI is InChI=1S/C19H24N4O2/c1-13(2)21-19(25)22-15-7-10-23(11-8-15)18(24)17-5-3-4-14-12-20-9-6-16(14)17/h3-6,9,12-13,15H,7-8,10-11H2,1-2H3,(H2,21,22,25). The van der Waals surface area contributed by atoms with Crippen molar-refractivity contribution in [2.24, 2.45) is 0 Å². The number of aromatic nitrogens is 1. The number of benzene rings is 1. The third-order valence-electron chi connectivity index (χ3n) is 4.45.